The second kappa shape index (κ2) is 5.69. The Morgan fingerprint density at radius 3 is 2.32 bits per heavy atom. The quantitative estimate of drug-likeness (QED) is 0.865. The summed E-state index contributed by atoms with van der Waals surface area (Å²) in [5, 5.41) is 12.4. The van der Waals surface area contributed by atoms with Gasteiger partial charge >= 0.3 is 0 Å². The van der Waals surface area contributed by atoms with Crippen molar-refractivity contribution in [2.24, 2.45) is 0 Å². The van der Waals surface area contributed by atoms with Gasteiger partial charge in [-0.3, -0.25) is 0 Å². The van der Waals surface area contributed by atoms with E-state index in [9.17, 15) is 13.9 Å². The molecule has 2 rings (SSSR count). The first kappa shape index (κ1) is 13.3. The Labute approximate surface area is 110 Å². The first-order chi connectivity index (χ1) is 9.10. The van der Waals surface area contributed by atoms with Crippen LogP contribution in [0.2, 0.25) is 0 Å². The maximum absolute atomic E-state index is 13.1. The van der Waals surface area contributed by atoms with Gasteiger partial charge in [-0.15, -0.1) is 0 Å². The van der Waals surface area contributed by atoms with Gasteiger partial charge in [-0.05, 0) is 36.2 Å². The van der Waals surface area contributed by atoms with Gasteiger partial charge < -0.3 is 10.4 Å². The highest BCUT2D eigenvalue weighted by Crippen LogP contribution is 2.24. The minimum absolute atomic E-state index is 0.0227. The molecule has 0 amide bonds. The van der Waals surface area contributed by atoms with Gasteiger partial charge in [-0.25, -0.2) is 8.78 Å². The third-order valence-corrected chi connectivity index (χ3v) is 2.96. The van der Waals surface area contributed by atoms with Gasteiger partial charge in [0.1, 0.15) is 5.75 Å². The third kappa shape index (κ3) is 3.22. The third-order valence-electron chi connectivity index (χ3n) is 2.96. The number of phenols is 1. The number of halogens is 2. The fraction of sp³-hybridized carbons (Fsp3) is 0.200. The molecule has 0 saturated heterocycles. The Hall–Kier alpha value is -2.10. The number of hydrogen-bond donors (Lipinski definition) is 2. The molecule has 0 aromatic heterocycles. The smallest absolute Gasteiger partial charge is 0.160 e. The van der Waals surface area contributed by atoms with Crippen LogP contribution in [0.1, 0.15) is 24.9 Å². The van der Waals surface area contributed by atoms with Gasteiger partial charge in [0, 0.05) is 11.8 Å². The summed E-state index contributed by atoms with van der Waals surface area (Å²) in [5.74, 6) is -1.53. The van der Waals surface area contributed by atoms with Crippen LogP contribution in [0.5, 0.6) is 5.75 Å². The minimum atomic E-state index is -0.870. The number of rotatable bonds is 4. The fourth-order valence-electron chi connectivity index (χ4n) is 1.91. The van der Waals surface area contributed by atoms with Crippen LogP contribution in [-0.4, -0.2) is 5.11 Å². The van der Waals surface area contributed by atoms with Gasteiger partial charge in [0.2, 0.25) is 0 Å². The monoisotopic (exact) mass is 263 g/mol. The molecule has 4 heteroatoms. The number of aromatic hydroxyl groups is 1. The number of anilines is 1. The lowest BCUT2D eigenvalue weighted by Crippen LogP contribution is -2.09. The summed E-state index contributed by atoms with van der Waals surface area (Å²) in [6.45, 7) is 1.99. The highest BCUT2D eigenvalue weighted by Gasteiger charge is 2.10. The minimum Gasteiger partial charge on any atom is -0.508 e. The fourth-order valence-corrected chi connectivity index (χ4v) is 1.91. The first-order valence-electron chi connectivity index (χ1n) is 6.10. The molecule has 100 valence electrons. The molecule has 2 N–H and O–H groups in total. The van der Waals surface area contributed by atoms with Crippen molar-refractivity contribution in [3.63, 3.8) is 0 Å². The van der Waals surface area contributed by atoms with Crippen molar-refractivity contribution in [2.45, 2.75) is 19.4 Å². The van der Waals surface area contributed by atoms with Gasteiger partial charge in [0.05, 0.1) is 6.04 Å². The van der Waals surface area contributed by atoms with Crippen LogP contribution in [0.3, 0.4) is 0 Å². The molecule has 0 aliphatic rings. The largest absolute Gasteiger partial charge is 0.508 e. The van der Waals surface area contributed by atoms with Crippen molar-refractivity contribution in [2.75, 3.05) is 5.32 Å². The Morgan fingerprint density at radius 1 is 1.05 bits per heavy atom. The molecule has 0 fully saturated rings. The highest BCUT2D eigenvalue weighted by atomic mass is 19.2. The molecule has 0 bridgehead atoms. The van der Waals surface area contributed by atoms with Crippen molar-refractivity contribution < 1.29 is 13.9 Å². The van der Waals surface area contributed by atoms with Crippen molar-refractivity contribution in [1.82, 2.24) is 0 Å². The van der Waals surface area contributed by atoms with E-state index in [4.69, 9.17) is 0 Å². The molecule has 0 heterocycles. The predicted octanol–water partition coefficient (Wildman–Crippen LogP) is 4.23. The molecule has 1 atom stereocenters. The molecule has 1 unspecified atom stereocenters. The van der Waals surface area contributed by atoms with Crippen molar-refractivity contribution in [3.05, 3.63) is 59.7 Å². The SMILES string of the molecule is CCC(Nc1ccc(F)c(F)c1)c1ccc(O)cc1. The molecule has 0 aliphatic heterocycles. The summed E-state index contributed by atoms with van der Waals surface area (Å²) in [6, 6.07) is 10.5. The predicted molar refractivity (Wildman–Crippen MR) is 71.1 cm³/mol. The van der Waals surface area contributed by atoms with E-state index >= 15 is 0 Å². The molecule has 0 aliphatic carbocycles. The van der Waals surface area contributed by atoms with E-state index in [1.807, 2.05) is 6.92 Å². The second-order valence-corrected chi connectivity index (χ2v) is 4.33. The lowest BCUT2D eigenvalue weighted by atomic mass is 10.0. The van der Waals surface area contributed by atoms with E-state index in [1.54, 1.807) is 24.3 Å². The maximum atomic E-state index is 13.1. The summed E-state index contributed by atoms with van der Waals surface area (Å²) in [5.41, 5.74) is 1.50. The Bertz CT molecular complexity index is 555. The molecular formula is C15H15F2NO. The standard InChI is InChI=1S/C15H15F2NO/c1-2-15(10-3-6-12(19)7-4-10)18-11-5-8-13(16)14(17)9-11/h3-9,15,18-19H,2H2,1H3. The van der Waals surface area contributed by atoms with Crippen molar-refractivity contribution in [1.29, 1.82) is 0 Å². The molecule has 2 aromatic carbocycles. The molecule has 2 nitrogen and oxygen atoms in total. The van der Waals surface area contributed by atoms with Crippen molar-refractivity contribution in [3.8, 4) is 5.75 Å². The lowest BCUT2D eigenvalue weighted by molar-refractivity contribution is 0.475. The van der Waals surface area contributed by atoms with Crippen LogP contribution in [0.4, 0.5) is 14.5 Å². The molecule has 0 spiro atoms. The topological polar surface area (TPSA) is 32.3 Å². The summed E-state index contributed by atoms with van der Waals surface area (Å²) in [7, 11) is 0. The molecule has 0 saturated carbocycles. The average molecular weight is 263 g/mol. The zero-order valence-electron chi connectivity index (χ0n) is 10.5. The summed E-state index contributed by atoms with van der Waals surface area (Å²) in [4.78, 5) is 0. The van der Waals surface area contributed by atoms with Crippen molar-refractivity contribution >= 4 is 5.69 Å². The lowest BCUT2D eigenvalue weighted by Gasteiger charge is -2.19. The number of hydrogen-bond acceptors (Lipinski definition) is 2. The van der Waals surface area contributed by atoms with E-state index in [2.05, 4.69) is 5.32 Å². The van der Waals surface area contributed by atoms with Crippen LogP contribution in [0.25, 0.3) is 0 Å². The zero-order valence-corrected chi connectivity index (χ0v) is 10.5. The first-order valence-corrected chi connectivity index (χ1v) is 6.10. The van der Waals surface area contributed by atoms with Crippen LogP contribution in [0, 0.1) is 11.6 Å². The van der Waals surface area contributed by atoms with Crippen LogP contribution in [-0.2, 0) is 0 Å². The molecule has 2 aromatic rings. The number of phenolic OH excluding ortho intramolecular Hbond substituents is 1. The number of nitrogens with one attached hydrogen (secondary N) is 1. The highest BCUT2D eigenvalue weighted by molar-refractivity contribution is 5.46. The average Bonchev–Trinajstić information content (AvgIpc) is 2.41. The van der Waals surface area contributed by atoms with Gasteiger partial charge in [-0.2, -0.15) is 0 Å². The summed E-state index contributed by atoms with van der Waals surface area (Å²) < 4.78 is 26.0. The van der Waals surface area contributed by atoms with Gasteiger partial charge in [0.25, 0.3) is 0 Å². The Balaban J connectivity index is 2.18. The van der Waals surface area contributed by atoms with E-state index in [-0.39, 0.29) is 11.8 Å². The van der Waals surface area contributed by atoms with E-state index in [0.717, 1.165) is 24.1 Å². The van der Waals surface area contributed by atoms with E-state index in [0.29, 0.717) is 5.69 Å². The van der Waals surface area contributed by atoms with Gasteiger partial charge in [0.15, 0.2) is 11.6 Å². The molecule has 19 heavy (non-hydrogen) atoms. The Kier molecular flexibility index (Phi) is 4.00. The Morgan fingerprint density at radius 2 is 1.74 bits per heavy atom. The normalized spacial score (nSPS) is 12.2. The van der Waals surface area contributed by atoms with Crippen LogP contribution < -0.4 is 5.32 Å². The molecular weight excluding hydrogens is 248 g/mol. The maximum Gasteiger partial charge on any atom is 0.160 e. The van der Waals surface area contributed by atoms with Crippen LogP contribution >= 0.6 is 0 Å². The summed E-state index contributed by atoms with van der Waals surface area (Å²) >= 11 is 0. The van der Waals surface area contributed by atoms with Crippen LogP contribution in [0.15, 0.2) is 42.5 Å². The van der Waals surface area contributed by atoms with E-state index < -0.39 is 11.6 Å². The van der Waals surface area contributed by atoms with Gasteiger partial charge in [-0.1, -0.05) is 19.1 Å². The number of benzene rings is 2. The van der Waals surface area contributed by atoms with E-state index in [1.165, 1.54) is 6.07 Å². The second-order valence-electron chi connectivity index (χ2n) is 4.33. The summed E-state index contributed by atoms with van der Waals surface area (Å²) in [6.07, 6.45) is 0.782. The zero-order chi connectivity index (χ0) is 13.8. The molecule has 0 radical (unpaired) electrons.